The molecule has 1 aromatic rings. The van der Waals surface area contributed by atoms with Gasteiger partial charge < -0.3 is 4.90 Å². The van der Waals surface area contributed by atoms with Gasteiger partial charge in [0.2, 0.25) is 5.91 Å². The van der Waals surface area contributed by atoms with Crippen molar-refractivity contribution in [1.82, 2.24) is 9.80 Å². The zero-order chi connectivity index (χ0) is 14.2. The summed E-state index contributed by atoms with van der Waals surface area (Å²) in [5.41, 5.74) is 1.22. The first kappa shape index (κ1) is 14.5. The van der Waals surface area contributed by atoms with E-state index in [0.717, 1.165) is 39.1 Å². The molecule has 0 saturated carbocycles. The summed E-state index contributed by atoms with van der Waals surface area (Å²) >= 11 is 0. The SMILES string of the molecule is N#CCCN1CCN(C(=O)CCc2ccccc2)CC1. The fraction of sp³-hybridized carbons (Fsp3) is 0.500. The van der Waals surface area contributed by atoms with Crippen LogP contribution >= 0.6 is 0 Å². The van der Waals surface area contributed by atoms with E-state index in [0.29, 0.717) is 12.8 Å². The second-order valence-electron chi connectivity index (χ2n) is 5.12. The van der Waals surface area contributed by atoms with Gasteiger partial charge in [0.1, 0.15) is 0 Å². The lowest BCUT2D eigenvalue weighted by Gasteiger charge is -2.34. The molecule has 4 nitrogen and oxygen atoms in total. The number of carbonyl (C=O) groups is 1. The van der Waals surface area contributed by atoms with E-state index in [-0.39, 0.29) is 5.91 Å². The first-order valence-electron chi connectivity index (χ1n) is 7.20. The molecule has 1 aliphatic heterocycles. The molecule has 1 aliphatic rings. The average molecular weight is 271 g/mol. The lowest BCUT2D eigenvalue weighted by atomic mass is 10.1. The van der Waals surface area contributed by atoms with Crippen LogP contribution in [0.4, 0.5) is 0 Å². The van der Waals surface area contributed by atoms with Crippen molar-refractivity contribution in [3.63, 3.8) is 0 Å². The number of hydrogen-bond donors (Lipinski definition) is 0. The van der Waals surface area contributed by atoms with Crippen LogP contribution in [0, 0.1) is 11.3 Å². The van der Waals surface area contributed by atoms with Crippen LogP contribution in [0.25, 0.3) is 0 Å². The van der Waals surface area contributed by atoms with Crippen LogP contribution in [0.2, 0.25) is 0 Å². The number of nitrogens with zero attached hydrogens (tertiary/aromatic N) is 3. The van der Waals surface area contributed by atoms with Crippen LogP contribution in [0.3, 0.4) is 0 Å². The molecular formula is C16H21N3O. The molecule has 0 spiro atoms. The molecule has 0 aliphatic carbocycles. The summed E-state index contributed by atoms with van der Waals surface area (Å²) in [6.07, 6.45) is 1.97. The van der Waals surface area contributed by atoms with E-state index in [9.17, 15) is 4.79 Å². The summed E-state index contributed by atoms with van der Waals surface area (Å²) in [7, 11) is 0. The summed E-state index contributed by atoms with van der Waals surface area (Å²) < 4.78 is 0. The third-order valence-corrected chi connectivity index (χ3v) is 3.74. The smallest absolute Gasteiger partial charge is 0.222 e. The Balaban J connectivity index is 1.71. The van der Waals surface area contributed by atoms with Crippen molar-refractivity contribution in [2.75, 3.05) is 32.7 Å². The van der Waals surface area contributed by atoms with Crippen LogP contribution in [-0.4, -0.2) is 48.4 Å². The minimum absolute atomic E-state index is 0.244. The first-order chi connectivity index (χ1) is 9.79. The summed E-state index contributed by atoms with van der Waals surface area (Å²) in [4.78, 5) is 16.4. The standard InChI is InChI=1S/C16H21N3O/c17-9-4-10-18-11-13-19(14-12-18)16(20)8-7-15-5-2-1-3-6-15/h1-3,5-6H,4,7-8,10-14H2. The van der Waals surface area contributed by atoms with Gasteiger partial charge in [-0.3, -0.25) is 9.69 Å². The molecule has 4 heteroatoms. The van der Waals surface area contributed by atoms with Crippen LogP contribution < -0.4 is 0 Å². The minimum Gasteiger partial charge on any atom is -0.340 e. The molecule has 0 bridgehead atoms. The average Bonchev–Trinajstić information content (AvgIpc) is 2.52. The van der Waals surface area contributed by atoms with E-state index >= 15 is 0 Å². The summed E-state index contributed by atoms with van der Waals surface area (Å²) in [5.74, 6) is 0.244. The van der Waals surface area contributed by atoms with Crippen LogP contribution in [0.5, 0.6) is 0 Å². The molecule has 1 saturated heterocycles. The highest BCUT2D eigenvalue weighted by Gasteiger charge is 2.20. The fourth-order valence-corrected chi connectivity index (χ4v) is 2.48. The molecule has 1 heterocycles. The van der Waals surface area contributed by atoms with E-state index in [1.54, 1.807) is 0 Å². The van der Waals surface area contributed by atoms with Crippen molar-refractivity contribution in [2.45, 2.75) is 19.3 Å². The van der Waals surface area contributed by atoms with Crippen molar-refractivity contribution in [2.24, 2.45) is 0 Å². The topological polar surface area (TPSA) is 47.3 Å². The third kappa shape index (κ3) is 4.36. The van der Waals surface area contributed by atoms with Gasteiger partial charge in [0.15, 0.2) is 0 Å². The summed E-state index contributed by atoms with van der Waals surface area (Å²) in [6.45, 7) is 4.18. The highest BCUT2D eigenvalue weighted by Crippen LogP contribution is 2.08. The Morgan fingerprint density at radius 2 is 1.85 bits per heavy atom. The Labute approximate surface area is 120 Å². The minimum atomic E-state index is 0.244. The number of nitriles is 1. The Hall–Kier alpha value is -1.86. The summed E-state index contributed by atoms with van der Waals surface area (Å²) in [5, 5.41) is 8.57. The number of aryl methyl sites for hydroxylation is 1. The predicted octanol–water partition coefficient (Wildman–Crippen LogP) is 1.68. The molecule has 0 unspecified atom stereocenters. The van der Waals surface area contributed by atoms with Crippen molar-refractivity contribution in [3.8, 4) is 6.07 Å². The monoisotopic (exact) mass is 271 g/mol. The molecule has 2 rings (SSSR count). The van der Waals surface area contributed by atoms with Gasteiger partial charge >= 0.3 is 0 Å². The Kier molecular flexibility index (Phi) is 5.57. The Morgan fingerprint density at radius 1 is 1.15 bits per heavy atom. The maximum atomic E-state index is 12.1. The van der Waals surface area contributed by atoms with Gasteiger partial charge in [0.05, 0.1) is 6.07 Å². The van der Waals surface area contributed by atoms with E-state index in [2.05, 4.69) is 23.1 Å². The van der Waals surface area contributed by atoms with Gasteiger partial charge in [-0.15, -0.1) is 0 Å². The number of amides is 1. The van der Waals surface area contributed by atoms with Crippen molar-refractivity contribution in [3.05, 3.63) is 35.9 Å². The molecule has 1 fully saturated rings. The number of benzene rings is 1. The van der Waals surface area contributed by atoms with Crippen molar-refractivity contribution >= 4 is 5.91 Å². The van der Waals surface area contributed by atoms with Gasteiger partial charge in [-0.25, -0.2) is 0 Å². The van der Waals surface area contributed by atoms with E-state index in [4.69, 9.17) is 5.26 Å². The normalized spacial score (nSPS) is 15.8. The van der Waals surface area contributed by atoms with Gasteiger partial charge in [0.25, 0.3) is 0 Å². The van der Waals surface area contributed by atoms with Crippen LogP contribution in [0.15, 0.2) is 30.3 Å². The molecule has 1 amide bonds. The fourth-order valence-electron chi connectivity index (χ4n) is 2.48. The number of piperazine rings is 1. The van der Waals surface area contributed by atoms with Crippen molar-refractivity contribution < 1.29 is 4.79 Å². The third-order valence-electron chi connectivity index (χ3n) is 3.74. The number of carbonyl (C=O) groups excluding carboxylic acids is 1. The van der Waals surface area contributed by atoms with E-state index in [1.165, 1.54) is 5.56 Å². The summed E-state index contributed by atoms with van der Waals surface area (Å²) in [6, 6.07) is 12.3. The Morgan fingerprint density at radius 3 is 2.50 bits per heavy atom. The lowest BCUT2D eigenvalue weighted by Crippen LogP contribution is -2.48. The molecule has 1 aromatic carbocycles. The van der Waals surface area contributed by atoms with Gasteiger partial charge in [-0.05, 0) is 12.0 Å². The molecule has 0 N–H and O–H groups in total. The highest BCUT2D eigenvalue weighted by molar-refractivity contribution is 5.76. The predicted molar refractivity (Wildman–Crippen MR) is 78.0 cm³/mol. The number of hydrogen-bond acceptors (Lipinski definition) is 3. The molecule has 0 radical (unpaired) electrons. The van der Waals surface area contributed by atoms with Crippen LogP contribution in [-0.2, 0) is 11.2 Å². The Bertz CT molecular complexity index is 458. The second-order valence-corrected chi connectivity index (χ2v) is 5.12. The van der Waals surface area contributed by atoms with Gasteiger partial charge in [-0.2, -0.15) is 5.26 Å². The quantitative estimate of drug-likeness (QED) is 0.818. The van der Waals surface area contributed by atoms with Crippen molar-refractivity contribution in [1.29, 1.82) is 5.26 Å². The molecule has 20 heavy (non-hydrogen) atoms. The molecule has 0 atom stereocenters. The largest absolute Gasteiger partial charge is 0.340 e. The van der Waals surface area contributed by atoms with Gasteiger partial charge in [0, 0.05) is 45.6 Å². The van der Waals surface area contributed by atoms with Gasteiger partial charge in [-0.1, -0.05) is 30.3 Å². The number of rotatable bonds is 5. The highest BCUT2D eigenvalue weighted by atomic mass is 16.2. The second kappa shape index (κ2) is 7.66. The zero-order valence-corrected chi connectivity index (χ0v) is 11.8. The lowest BCUT2D eigenvalue weighted by molar-refractivity contribution is -0.132. The molecule has 0 aromatic heterocycles. The van der Waals surface area contributed by atoms with Crippen LogP contribution in [0.1, 0.15) is 18.4 Å². The molecular weight excluding hydrogens is 250 g/mol. The molecule has 106 valence electrons. The maximum Gasteiger partial charge on any atom is 0.222 e. The first-order valence-corrected chi connectivity index (χ1v) is 7.20. The zero-order valence-electron chi connectivity index (χ0n) is 11.8. The van der Waals surface area contributed by atoms with E-state index < -0.39 is 0 Å². The van der Waals surface area contributed by atoms with E-state index in [1.807, 2.05) is 23.1 Å². The maximum absolute atomic E-state index is 12.1.